The molecular weight excluding hydrogens is 202 g/mol. The van der Waals surface area contributed by atoms with Crippen LogP contribution in [0.5, 0.6) is 0 Å². The molecule has 1 aliphatic rings. The summed E-state index contributed by atoms with van der Waals surface area (Å²) in [7, 11) is 0. The second kappa shape index (κ2) is 5.09. The number of carboxylic acid groups (broad SMARTS) is 1. The van der Waals surface area contributed by atoms with Gasteiger partial charge in [0.05, 0.1) is 6.61 Å². The Kier molecular flexibility index (Phi) is 4.05. The molecule has 3 atom stereocenters. The summed E-state index contributed by atoms with van der Waals surface area (Å²) >= 11 is 0. The SMILES string of the molecule is C[C@@H](CO)NC(=O)[C@@H]1CC[C@H](C(=O)O)O1. The molecule has 0 aromatic heterocycles. The molecule has 15 heavy (non-hydrogen) atoms. The Balaban J connectivity index is 2.40. The van der Waals surface area contributed by atoms with E-state index in [1.54, 1.807) is 6.92 Å². The molecule has 0 unspecified atom stereocenters. The van der Waals surface area contributed by atoms with Gasteiger partial charge in [-0.3, -0.25) is 4.79 Å². The highest BCUT2D eigenvalue weighted by atomic mass is 16.5. The van der Waals surface area contributed by atoms with Crippen LogP contribution in [0.1, 0.15) is 19.8 Å². The first-order valence-electron chi connectivity index (χ1n) is 4.84. The molecule has 0 aromatic carbocycles. The van der Waals surface area contributed by atoms with Crippen LogP contribution in [0.25, 0.3) is 0 Å². The van der Waals surface area contributed by atoms with Crippen molar-refractivity contribution in [3.63, 3.8) is 0 Å². The van der Waals surface area contributed by atoms with Crippen molar-refractivity contribution in [2.75, 3.05) is 6.61 Å². The number of carbonyl (C=O) groups is 2. The molecule has 1 saturated heterocycles. The summed E-state index contributed by atoms with van der Waals surface area (Å²) in [6, 6.07) is -0.343. The molecule has 3 N–H and O–H groups in total. The van der Waals surface area contributed by atoms with Gasteiger partial charge >= 0.3 is 5.97 Å². The average Bonchev–Trinajstić information content (AvgIpc) is 2.66. The number of carboxylic acids is 1. The fraction of sp³-hybridized carbons (Fsp3) is 0.778. The molecule has 0 saturated carbocycles. The second-order valence-electron chi connectivity index (χ2n) is 3.62. The van der Waals surface area contributed by atoms with E-state index in [-0.39, 0.29) is 18.6 Å². The fourth-order valence-electron chi connectivity index (χ4n) is 1.39. The van der Waals surface area contributed by atoms with E-state index in [2.05, 4.69) is 5.32 Å². The molecule has 0 spiro atoms. The molecule has 0 aromatic rings. The summed E-state index contributed by atoms with van der Waals surface area (Å²) < 4.78 is 5.04. The van der Waals surface area contributed by atoms with E-state index >= 15 is 0 Å². The van der Waals surface area contributed by atoms with E-state index in [0.717, 1.165) is 0 Å². The van der Waals surface area contributed by atoms with Gasteiger partial charge in [-0.2, -0.15) is 0 Å². The number of ether oxygens (including phenoxy) is 1. The highest BCUT2D eigenvalue weighted by molar-refractivity contribution is 5.82. The first-order chi connectivity index (χ1) is 7.04. The highest BCUT2D eigenvalue weighted by Crippen LogP contribution is 2.19. The average molecular weight is 217 g/mol. The number of nitrogens with one attached hydrogen (secondary N) is 1. The number of aliphatic hydroxyl groups excluding tert-OH is 1. The lowest BCUT2D eigenvalue weighted by Gasteiger charge is -2.15. The van der Waals surface area contributed by atoms with E-state index in [1.807, 2.05) is 0 Å². The summed E-state index contributed by atoms with van der Waals surface area (Å²) in [6.07, 6.45) is -0.840. The number of amides is 1. The third-order valence-electron chi connectivity index (χ3n) is 2.25. The first-order valence-corrected chi connectivity index (χ1v) is 4.84. The largest absolute Gasteiger partial charge is 0.479 e. The van der Waals surface area contributed by atoms with E-state index in [9.17, 15) is 9.59 Å². The zero-order valence-electron chi connectivity index (χ0n) is 8.47. The van der Waals surface area contributed by atoms with Crippen molar-refractivity contribution < 1.29 is 24.5 Å². The van der Waals surface area contributed by atoms with Crippen LogP contribution < -0.4 is 5.32 Å². The van der Waals surface area contributed by atoms with Gasteiger partial charge in [0.2, 0.25) is 5.91 Å². The van der Waals surface area contributed by atoms with Gasteiger partial charge in [0.25, 0.3) is 0 Å². The molecule has 1 aliphatic heterocycles. The number of aliphatic hydroxyl groups is 1. The van der Waals surface area contributed by atoms with Crippen molar-refractivity contribution in [1.82, 2.24) is 5.32 Å². The van der Waals surface area contributed by atoms with Crippen molar-refractivity contribution in [2.24, 2.45) is 0 Å². The Labute approximate surface area is 87.2 Å². The molecule has 1 rings (SSSR count). The zero-order valence-corrected chi connectivity index (χ0v) is 8.47. The normalized spacial score (nSPS) is 27.3. The molecule has 6 heteroatoms. The van der Waals surface area contributed by atoms with Gasteiger partial charge < -0.3 is 20.3 Å². The van der Waals surface area contributed by atoms with Crippen molar-refractivity contribution in [1.29, 1.82) is 0 Å². The van der Waals surface area contributed by atoms with Crippen LogP contribution in [0.4, 0.5) is 0 Å². The summed E-state index contributed by atoms with van der Waals surface area (Å²) in [6.45, 7) is 1.50. The van der Waals surface area contributed by atoms with E-state index in [1.165, 1.54) is 0 Å². The van der Waals surface area contributed by atoms with Gasteiger partial charge in [0.1, 0.15) is 6.10 Å². The predicted octanol–water partition coefficient (Wildman–Crippen LogP) is -0.884. The molecule has 0 bridgehead atoms. The lowest BCUT2D eigenvalue weighted by atomic mass is 10.2. The number of hydrogen-bond acceptors (Lipinski definition) is 4. The lowest BCUT2D eigenvalue weighted by Crippen LogP contribution is -2.42. The van der Waals surface area contributed by atoms with Gasteiger partial charge in [-0.15, -0.1) is 0 Å². The maximum Gasteiger partial charge on any atom is 0.332 e. The summed E-state index contributed by atoms with van der Waals surface area (Å²) in [5.41, 5.74) is 0. The molecule has 1 fully saturated rings. The Hall–Kier alpha value is -1.14. The molecule has 1 heterocycles. The Bertz CT molecular complexity index is 255. The minimum Gasteiger partial charge on any atom is -0.479 e. The zero-order chi connectivity index (χ0) is 11.4. The van der Waals surface area contributed by atoms with E-state index in [0.29, 0.717) is 12.8 Å². The first kappa shape index (κ1) is 11.9. The number of aliphatic carboxylic acids is 1. The van der Waals surface area contributed by atoms with Crippen molar-refractivity contribution >= 4 is 11.9 Å². The van der Waals surface area contributed by atoms with Gasteiger partial charge in [0.15, 0.2) is 6.10 Å². The van der Waals surface area contributed by atoms with Crippen LogP contribution in [0.2, 0.25) is 0 Å². The number of hydrogen-bond donors (Lipinski definition) is 3. The van der Waals surface area contributed by atoms with Gasteiger partial charge in [0, 0.05) is 6.04 Å². The Morgan fingerprint density at radius 1 is 1.47 bits per heavy atom. The molecule has 6 nitrogen and oxygen atoms in total. The monoisotopic (exact) mass is 217 g/mol. The molecule has 0 aliphatic carbocycles. The third kappa shape index (κ3) is 3.17. The summed E-state index contributed by atoms with van der Waals surface area (Å²) in [5, 5.41) is 19.9. The molecule has 1 amide bonds. The van der Waals surface area contributed by atoms with Crippen molar-refractivity contribution in [3.05, 3.63) is 0 Å². The standard InChI is InChI=1S/C9H15NO5/c1-5(4-11)10-8(12)6-2-3-7(15-6)9(13)14/h5-7,11H,2-4H2,1H3,(H,10,12)(H,13,14)/t5-,6-,7+/m0/s1. The van der Waals surface area contributed by atoms with Crippen LogP contribution in [-0.4, -0.2) is 46.9 Å². The van der Waals surface area contributed by atoms with Gasteiger partial charge in [-0.25, -0.2) is 4.79 Å². The van der Waals surface area contributed by atoms with Crippen LogP contribution in [0.3, 0.4) is 0 Å². The highest BCUT2D eigenvalue weighted by Gasteiger charge is 2.34. The van der Waals surface area contributed by atoms with Crippen LogP contribution >= 0.6 is 0 Å². The molecular formula is C9H15NO5. The summed E-state index contributed by atoms with van der Waals surface area (Å²) in [5.74, 6) is -1.40. The second-order valence-corrected chi connectivity index (χ2v) is 3.62. The maximum absolute atomic E-state index is 11.4. The van der Waals surface area contributed by atoms with E-state index < -0.39 is 18.2 Å². The van der Waals surface area contributed by atoms with Gasteiger partial charge in [-0.1, -0.05) is 0 Å². The topological polar surface area (TPSA) is 95.9 Å². The third-order valence-corrected chi connectivity index (χ3v) is 2.25. The number of carbonyl (C=O) groups excluding carboxylic acids is 1. The lowest BCUT2D eigenvalue weighted by molar-refractivity contribution is -0.151. The van der Waals surface area contributed by atoms with Crippen LogP contribution in [0, 0.1) is 0 Å². The number of rotatable bonds is 4. The van der Waals surface area contributed by atoms with Crippen molar-refractivity contribution in [3.8, 4) is 0 Å². The smallest absolute Gasteiger partial charge is 0.332 e. The van der Waals surface area contributed by atoms with Crippen LogP contribution in [-0.2, 0) is 14.3 Å². The van der Waals surface area contributed by atoms with Crippen molar-refractivity contribution in [2.45, 2.75) is 38.0 Å². The Morgan fingerprint density at radius 2 is 2.07 bits per heavy atom. The maximum atomic E-state index is 11.4. The minimum atomic E-state index is -1.04. The molecule has 0 radical (unpaired) electrons. The fourth-order valence-corrected chi connectivity index (χ4v) is 1.39. The molecule has 86 valence electrons. The minimum absolute atomic E-state index is 0.152. The van der Waals surface area contributed by atoms with Gasteiger partial charge in [-0.05, 0) is 19.8 Å². The summed E-state index contributed by atoms with van der Waals surface area (Å²) in [4.78, 5) is 22.0. The quantitative estimate of drug-likeness (QED) is 0.568. The predicted molar refractivity (Wildman–Crippen MR) is 50.2 cm³/mol. The van der Waals surface area contributed by atoms with E-state index in [4.69, 9.17) is 14.9 Å². The Morgan fingerprint density at radius 3 is 2.53 bits per heavy atom. The van der Waals surface area contributed by atoms with Crippen LogP contribution in [0.15, 0.2) is 0 Å².